The number of hydrogen-bond acceptors (Lipinski definition) is 4. The maximum Gasteiger partial charge on any atom is 0.212 e. The predicted octanol–water partition coefficient (Wildman–Crippen LogP) is 4.83. The maximum atomic E-state index is 12.4. The molecule has 0 aliphatic carbocycles. The molecule has 1 atom stereocenters. The third kappa shape index (κ3) is 4.27. The predicted molar refractivity (Wildman–Crippen MR) is 121 cm³/mol. The van der Waals surface area contributed by atoms with Crippen LogP contribution >= 0.6 is 0 Å². The highest BCUT2D eigenvalue weighted by atomic mass is 16.5. The van der Waals surface area contributed by atoms with Gasteiger partial charge in [-0.15, -0.1) is 0 Å². The summed E-state index contributed by atoms with van der Waals surface area (Å²) >= 11 is 0. The largest absolute Gasteiger partial charge is 0.478 e. The molecule has 1 aromatic heterocycles. The second kappa shape index (κ2) is 9.41. The average Bonchev–Trinajstić information content (AvgIpc) is 3.38. The molecule has 0 aliphatic rings. The Morgan fingerprint density at radius 1 is 0.935 bits per heavy atom. The number of ether oxygens (including phenoxy) is 1. The van der Waals surface area contributed by atoms with Crippen molar-refractivity contribution in [1.82, 2.24) is 14.8 Å². The summed E-state index contributed by atoms with van der Waals surface area (Å²) in [6, 6.07) is 29.4. The van der Waals surface area contributed by atoms with Crippen molar-refractivity contribution in [3.63, 3.8) is 0 Å². The van der Waals surface area contributed by atoms with Crippen molar-refractivity contribution in [1.29, 1.82) is 0 Å². The van der Waals surface area contributed by atoms with Crippen LogP contribution in [0.25, 0.3) is 5.88 Å². The van der Waals surface area contributed by atoms with Gasteiger partial charge in [-0.2, -0.15) is 9.78 Å². The van der Waals surface area contributed by atoms with Crippen molar-refractivity contribution in [2.75, 3.05) is 6.61 Å². The molecule has 3 aromatic carbocycles. The lowest BCUT2D eigenvalue weighted by Gasteiger charge is -2.36. The molecule has 1 N–H and O–H groups in total. The standard InChI is InChI=1S/C26H25N3O2/c1-2-31-25(29-20-27-19-28-29)18-24(21-12-6-3-7-13-21)26(30,22-14-8-4-9-15-22)23-16-10-5-11-17-23/h3-20,24,30H,2H2,1H3/b25-18-. The summed E-state index contributed by atoms with van der Waals surface area (Å²) in [7, 11) is 0. The molecule has 0 radical (unpaired) electrons. The fourth-order valence-electron chi connectivity index (χ4n) is 3.83. The Kier molecular flexibility index (Phi) is 6.24. The summed E-state index contributed by atoms with van der Waals surface area (Å²) in [5.41, 5.74) is 1.20. The van der Waals surface area contributed by atoms with Gasteiger partial charge in [-0.05, 0) is 29.7 Å². The van der Waals surface area contributed by atoms with Crippen LogP contribution in [0.3, 0.4) is 0 Å². The molecule has 0 saturated carbocycles. The molecular weight excluding hydrogens is 386 g/mol. The summed E-state index contributed by atoms with van der Waals surface area (Å²) in [5, 5.41) is 16.7. The van der Waals surface area contributed by atoms with Crippen LogP contribution in [0.5, 0.6) is 0 Å². The lowest BCUT2D eigenvalue weighted by molar-refractivity contribution is 0.0640. The fourth-order valence-corrected chi connectivity index (χ4v) is 3.83. The Balaban J connectivity index is 1.97. The van der Waals surface area contributed by atoms with Crippen molar-refractivity contribution < 1.29 is 9.84 Å². The lowest BCUT2D eigenvalue weighted by Crippen LogP contribution is -2.34. The minimum atomic E-state index is -1.34. The van der Waals surface area contributed by atoms with E-state index in [1.165, 1.54) is 6.33 Å². The zero-order valence-electron chi connectivity index (χ0n) is 17.4. The average molecular weight is 412 g/mol. The number of nitrogens with zero attached hydrogens (tertiary/aromatic N) is 3. The van der Waals surface area contributed by atoms with E-state index in [0.717, 1.165) is 16.7 Å². The third-order valence-corrected chi connectivity index (χ3v) is 5.28. The van der Waals surface area contributed by atoms with Gasteiger partial charge in [-0.25, -0.2) is 4.98 Å². The van der Waals surface area contributed by atoms with Crippen molar-refractivity contribution in [2.45, 2.75) is 18.4 Å². The van der Waals surface area contributed by atoms with Crippen LogP contribution in [0.4, 0.5) is 0 Å². The summed E-state index contributed by atoms with van der Waals surface area (Å²) < 4.78 is 7.49. The molecule has 5 heteroatoms. The third-order valence-electron chi connectivity index (χ3n) is 5.28. The molecule has 4 aromatic rings. The van der Waals surface area contributed by atoms with Crippen LogP contribution in [0, 0.1) is 0 Å². The number of hydrogen-bond donors (Lipinski definition) is 1. The van der Waals surface area contributed by atoms with E-state index in [9.17, 15) is 5.11 Å². The van der Waals surface area contributed by atoms with E-state index in [1.54, 1.807) is 11.0 Å². The molecule has 0 aliphatic heterocycles. The van der Waals surface area contributed by atoms with Crippen molar-refractivity contribution in [2.24, 2.45) is 0 Å². The van der Waals surface area contributed by atoms with Crippen molar-refractivity contribution >= 4 is 5.88 Å². The SMILES string of the molecule is CCO/C(=C\C(c1ccccc1)C(O)(c1ccccc1)c1ccccc1)n1cncn1. The smallest absolute Gasteiger partial charge is 0.212 e. The Morgan fingerprint density at radius 3 is 1.97 bits per heavy atom. The molecule has 0 saturated heterocycles. The van der Waals surface area contributed by atoms with E-state index in [1.807, 2.05) is 104 Å². The fraction of sp³-hybridized carbons (Fsp3) is 0.154. The number of aliphatic hydroxyl groups is 1. The Labute approximate surface area is 182 Å². The zero-order chi connectivity index (χ0) is 21.5. The van der Waals surface area contributed by atoms with Gasteiger partial charge in [0.2, 0.25) is 5.88 Å². The van der Waals surface area contributed by atoms with Gasteiger partial charge < -0.3 is 9.84 Å². The lowest BCUT2D eigenvalue weighted by atomic mass is 9.73. The van der Waals surface area contributed by atoms with Gasteiger partial charge in [0.05, 0.1) is 6.61 Å². The first-order valence-corrected chi connectivity index (χ1v) is 10.3. The molecule has 0 bridgehead atoms. The molecule has 31 heavy (non-hydrogen) atoms. The van der Waals surface area contributed by atoms with Crippen molar-refractivity contribution in [3.8, 4) is 0 Å². The van der Waals surface area contributed by atoms with Gasteiger partial charge in [0.15, 0.2) is 0 Å². The molecule has 0 spiro atoms. The van der Waals surface area contributed by atoms with Crippen LogP contribution in [-0.4, -0.2) is 26.5 Å². The van der Waals surface area contributed by atoms with Gasteiger partial charge in [0.1, 0.15) is 18.3 Å². The highest BCUT2D eigenvalue weighted by molar-refractivity contribution is 5.48. The van der Waals surface area contributed by atoms with Gasteiger partial charge in [-0.1, -0.05) is 91.0 Å². The van der Waals surface area contributed by atoms with E-state index in [0.29, 0.717) is 12.5 Å². The zero-order valence-corrected chi connectivity index (χ0v) is 17.4. The van der Waals surface area contributed by atoms with Gasteiger partial charge in [0.25, 0.3) is 0 Å². The molecule has 0 fully saturated rings. The Bertz CT molecular complexity index is 1060. The van der Waals surface area contributed by atoms with Crippen LogP contribution < -0.4 is 0 Å². The summed E-state index contributed by atoms with van der Waals surface area (Å²) in [5.74, 6) is 0.0587. The normalized spacial score (nSPS) is 13.0. The first-order chi connectivity index (χ1) is 15.2. The topological polar surface area (TPSA) is 60.2 Å². The van der Waals surface area contributed by atoms with Crippen LogP contribution in [0.15, 0.2) is 110 Å². The molecule has 1 unspecified atom stereocenters. The van der Waals surface area contributed by atoms with Gasteiger partial charge >= 0.3 is 0 Å². The number of rotatable bonds is 8. The maximum absolute atomic E-state index is 12.4. The minimum absolute atomic E-state index is 0.454. The number of benzene rings is 3. The second-order valence-corrected chi connectivity index (χ2v) is 7.16. The van der Waals surface area contributed by atoms with Gasteiger partial charge in [0, 0.05) is 5.92 Å². The summed E-state index contributed by atoms with van der Waals surface area (Å²) in [6.07, 6.45) is 4.98. The molecular formula is C26H25N3O2. The van der Waals surface area contributed by atoms with E-state index in [-0.39, 0.29) is 0 Å². The summed E-state index contributed by atoms with van der Waals surface area (Å²) in [4.78, 5) is 4.05. The molecule has 156 valence electrons. The van der Waals surface area contributed by atoms with Crippen LogP contribution in [-0.2, 0) is 10.3 Å². The first kappa shape index (κ1) is 20.6. The molecule has 0 amide bonds. The first-order valence-electron chi connectivity index (χ1n) is 10.3. The highest BCUT2D eigenvalue weighted by Crippen LogP contribution is 2.44. The second-order valence-electron chi connectivity index (χ2n) is 7.16. The Morgan fingerprint density at radius 2 is 1.48 bits per heavy atom. The number of aromatic nitrogens is 3. The van der Waals surface area contributed by atoms with Crippen molar-refractivity contribution in [3.05, 3.63) is 126 Å². The van der Waals surface area contributed by atoms with E-state index in [4.69, 9.17) is 4.74 Å². The van der Waals surface area contributed by atoms with E-state index < -0.39 is 11.5 Å². The van der Waals surface area contributed by atoms with E-state index in [2.05, 4.69) is 10.1 Å². The summed E-state index contributed by atoms with van der Waals surface area (Å²) in [6.45, 7) is 2.38. The van der Waals surface area contributed by atoms with E-state index >= 15 is 0 Å². The van der Waals surface area contributed by atoms with Gasteiger partial charge in [-0.3, -0.25) is 0 Å². The highest BCUT2D eigenvalue weighted by Gasteiger charge is 2.40. The molecule has 5 nitrogen and oxygen atoms in total. The quantitative estimate of drug-likeness (QED) is 0.422. The monoisotopic (exact) mass is 411 g/mol. The minimum Gasteiger partial charge on any atom is -0.478 e. The molecule has 4 rings (SSSR count). The van der Waals surface area contributed by atoms with Crippen LogP contribution in [0.2, 0.25) is 0 Å². The Hall–Kier alpha value is -3.70. The molecule has 1 heterocycles. The van der Waals surface area contributed by atoms with Crippen LogP contribution in [0.1, 0.15) is 29.5 Å².